The quantitative estimate of drug-likeness (QED) is 0.219. The van der Waals surface area contributed by atoms with Crippen molar-refractivity contribution in [2.45, 2.75) is 13.0 Å². The number of nitrogens with one attached hydrogen (secondary N) is 2. The standard InChI is InChI=1S/C25H19Cl2N5O3S/c26-19-11-18(23(20(27)12-19)35-15-16-7-3-1-4-8-16)14-28-30-21(33)13-22-31-32-25(36-22)29-24(34)17-9-5-2-6-10-17/h1-12,14H,13,15H2,(H,30,33)(H,29,32,34)/b28-14+. The van der Waals surface area contributed by atoms with Gasteiger partial charge in [-0.15, -0.1) is 10.2 Å². The number of hydrogen-bond donors (Lipinski definition) is 2. The van der Waals surface area contributed by atoms with Crippen LogP contribution in [-0.4, -0.2) is 28.2 Å². The van der Waals surface area contributed by atoms with Crippen molar-refractivity contribution >= 4 is 57.7 Å². The maximum atomic E-state index is 12.3. The molecule has 0 bridgehead atoms. The summed E-state index contributed by atoms with van der Waals surface area (Å²) in [6, 6.07) is 21.6. The van der Waals surface area contributed by atoms with E-state index in [0.717, 1.165) is 16.9 Å². The van der Waals surface area contributed by atoms with E-state index in [4.69, 9.17) is 27.9 Å². The lowest BCUT2D eigenvalue weighted by molar-refractivity contribution is -0.120. The molecule has 1 aromatic heterocycles. The number of ether oxygens (including phenoxy) is 1. The van der Waals surface area contributed by atoms with Crippen molar-refractivity contribution in [1.82, 2.24) is 15.6 Å². The summed E-state index contributed by atoms with van der Waals surface area (Å²) in [7, 11) is 0. The van der Waals surface area contributed by atoms with Crippen molar-refractivity contribution in [2.24, 2.45) is 5.10 Å². The first-order valence-corrected chi connectivity index (χ1v) is 12.2. The van der Waals surface area contributed by atoms with E-state index in [-0.39, 0.29) is 12.3 Å². The number of anilines is 1. The first kappa shape index (κ1) is 25.3. The van der Waals surface area contributed by atoms with Gasteiger partial charge in [0.2, 0.25) is 11.0 Å². The molecule has 2 N–H and O–H groups in total. The highest BCUT2D eigenvalue weighted by Crippen LogP contribution is 2.32. The van der Waals surface area contributed by atoms with Crippen LogP contribution in [0.3, 0.4) is 0 Å². The first-order chi connectivity index (χ1) is 17.5. The zero-order valence-corrected chi connectivity index (χ0v) is 21.0. The number of hydrogen-bond acceptors (Lipinski definition) is 7. The van der Waals surface area contributed by atoms with Gasteiger partial charge in [0.05, 0.1) is 17.7 Å². The van der Waals surface area contributed by atoms with Crippen molar-refractivity contribution in [3.63, 3.8) is 0 Å². The molecule has 8 nitrogen and oxygen atoms in total. The zero-order valence-electron chi connectivity index (χ0n) is 18.7. The summed E-state index contributed by atoms with van der Waals surface area (Å²) in [5, 5.41) is 16.0. The number of aromatic nitrogens is 2. The number of hydrazone groups is 1. The fourth-order valence-electron chi connectivity index (χ4n) is 3.04. The van der Waals surface area contributed by atoms with Crippen LogP contribution in [-0.2, 0) is 17.8 Å². The second kappa shape index (κ2) is 12.3. The van der Waals surface area contributed by atoms with Crippen LogP contribution in [0, 0.1) is 0 Å². The molecule has 182 valence electrons. The largest absolute Gasteiger partial charge is 0.487 e. The molecule has 0 radical (unpaired) electrons. The molecular formula is C25H19Cl2N5O3S. The van der Waals surface area contributed by atoms with Gasteiger partial charge in [-0.05, 0) is 29.8 Å². The summed E-state index contributed by atoms with van der Waals surface area (Å²) in [6.07, 6.45) is 1.34. The van der Waals surface area contributed by atoms with Gasteiger partial charge in [0, 0.05) is 16.1 Å². The highest BCUT2D eigenvalue weighted by atomic mass is 35.5. The Morgan fingerprint density at radius 1 is 1.00 bits per heavy atom. The SMILES string of the molecule is O=C(Cc1nnc(NC(=O)c2ccccc2)s1)N/N=C/c1cc(Cl)cc(Cl)c1OCc1ccccc1. The molecule has 0 aliphatic carbocycles. The fourth-order valence-corrected chi connectivity index (χ4v) is 4.34. The topological polar surface area (TPSA) is 106 Å². The molecule has 0 atom stereocenters. The molecule has 0 saturated carbocycles. The third-order valence-electron chi connectivity index (χ3n) is 4.69. The predicted molar refractivity (Wildman–Crippen MR) is 141 cm³/mol. The van der Waals surface area contributed by atoms with Crippen molar-refractivity contribution in [3.8, 4) is 5.75 Å². The van der Waals surface area contributed by atoms with Crippen molar-refractivity contribution in [2.75, 3.05) is 5.32 Å². The number of halogens is 2. The van der Waals surface area contributed by atoms with Gasteiger partial charge in [0.1, 0.15) is 17.4 Å². The molecule has 0 saturated heterocycles. The van der Waals surface area contributed by atoms with Gasteiger partial charge in [0.25, 0.3) is 5.91 Å². The number of rotatable bonds is 9. The van der Waals surface area contributed by atoms with Gasteiger partial charge >= 0.3 is 0 Å². The zero-order chi connectivity index (χ0) is 25.3. The molecule has 11 heteroatoms. The van der Waals surface area contributed by atoms with Crippen LogP contribution in [0.4, 0.5) is 5.13 Å². The summed E-state index contributed by atoms with van der Waals surface area (Å²) in [5.74, 6) is -0.327. The Labute approximate surface area is 220 Å². The molecule has 0 fully saturated rings. The molecule has 0 aliphatic rings. The van der Waals surface area contributed by atoms with Crippen molar-refractivity contribution < 1.29 is 14.3 Å². The van der Waals surface area contributed by atoms with Gasteiger partial charge < -0.3 is 4.74 Å². The van der Waals surface area contributed by atoms with Gasteiger partial charge in [-0.3, -0.25) is 14.9 Å². The molecule has 0 spiro atoms. The lowest BCUT2D eigenvalue weighted by atomic mass is 10.2. The molecule has 4 aromatic rings. The van der Waals surface area contributed by atoms with E-state index in [1.165, 1.54) is 6.21 Å². The number of amides is 2. The van der Waals surface area contributed by atoms with Gasteiger partial charge in [-0.25, -0.2) is 5.43 Å². The van der Waals surface area contributed by atoms with E-state index in [9.17, 15) is 9.59 Å². The summed E-state index contributed by atoms with van der Waals surface area (Å²) in [5.41, 5.74) is 4.40. The molecule has 36 heavy (non-hydrogen) atoms. The van der Waals surface area contributed by atoms with Crippen LogP contribution in [0.5, 0.6) is 5.75 Å². The normalized spacial score (nSPS) is 10.8. The minimum Gasteiger partial charge on any atom is -0.487 e. The monoisotopic (exact) mass is 539 g/mol. The minimum atomic E-state index is -0.414. The van der Waals surface area contributed by atoms with Crippen LogP contribution < -0.4 is 15.5 Å². The van der Waals surface area contributed by atoms with Gasteiger partial charge in [0.15, 0.2) is 0 Å². The van der Waals surface area contributed by atoms with E-state index >= 15 is 0 Å². The van der Waals surface area contributed by atoms with E-state index in [0.29, 0.717) is 43.7 Å². The van der Waals surface area contributed by atoms with Crippen LogP contribution >= 0.6 is 34.5 Å². The van der Waals surface area contributed by atoms with E-state index in [2.05, 4.69) is 26.0 Å². The van der Waals surface area contributed by atoms with Crippen LogP contribution in [0.2, 0.25) is 10.0 Å². The first-order valence-electron chi connectivity index (χ1n) is 10.6. The summed E-state index contributed by atoms with van der Waals surface area (Å²) >= 11 is 13.6. The highest BCUT2D eigenvalue weighted by Gasteiger charge is 2.13. The highest BCUT2D eigenvalue weighted by molar-refractivity contribution is 7.15. The Kier molecular flexibility index (Phi) is 8.62. The maximum Gasteiger partial charge on any atom is 0.257 e. The third-order valence-corrected chi connectivity index (χ3v) is 6.03. The molecule has 3 aromatic carbocycles. The summed E-state index contributed by atoms with van der Waals surface area (Å²) < 4.78 is 5.88. The number of carbonyl (C=O) groups is 2. The number of carbonyl (C=O) groups excluding carboxylic acids is 2. The number of nitrogens with zero attached hydrogens (tertiary/aromatic N) is 3. The predicted octanol–water partition coefficient (Wildman–Crippen LogP) is 5.37. The van der Waals surface area contributed by atoms with Gasteiger partial charge in [-0.2, -0.15) is 5.10 Å². The number of benzene rings is 3. The molecule has 0 unspecified atom stereocenters. The Morgan fingerprint density at radius 3 is 2.47 bits per heavy atom. The summed E-state index contributed by atoms with van der Waals surface area (Å²) in [4.78, 5) is 24.6. The fraction of sp³-hybridized carbons (Fsp3) is 0.0800. The Morgan fingerprint density at radius 2 is 1.72 bits per heavy atom. The van der Waals surface area contributed by atoms with E-state index < -0.39 is 5.91 Å². The summed E-state index contributed by atoms with van der Waals surface area (Å²) in [6.45, 7) is 0.301. The van der Waals surface area contributed by atoms with Crippen LogP contribution in [0.25, 0.3) is 0 Å². The lowest BCUT2D eigenvalue weighted by Gasteiger charge is -2.11. The molecule has 4 rings (SSSR count). The second-order valence-electron chi connectivity index (χ2n) is 7.37. The molecule has 0 aliphatic heterocycles. The maximum absolute atomic E-state index is 12.3. The molecule has 1 heterocycles. The van der Waals surface area contributed by atoms with Gasteiger partial charge in [-0.1, -0.05) is 83.1 Å². The Bertz CT molecular complexity index is 1380. The Hall–Kier alpha value is -3.79. The Balaban J connectivity index is 1.34. The smallest absolute Gasteiger partial charge is 0.257 e. The van der Waals surface area contributed by atoms with Crippen LogP contribution in [0.15, 0.2) is 77.9 Å². The minimum absolute atomic E-state index is 0.0656. The van der Waals surface area contributed by atoms with E-state index in [1.807, 2.05) is 36.4 Å². The lowest BCUT2D eigenvalue weighted by Crippen LogP contribution is -2.19. The second-order valence-corrected chi connectivity index (χ2v) is 9.28. The average Bonchev–Trinajstić information content (AvgIpc) is 3.31. The van der Waals surface area contributed by atoms with Crippen molar-refractivity contribution in [3.05, 3.63) is 105 Å². The molecular weight excluding hydrogens is 521 g/mol. The molecule has 2 amide bonds. The third kappa shape index (κ3) is 7.11. The average molecular weight is 540 g/mol. The van der Waals surface area contributed by atoms with Crippen LogP contribution in [0.1, 0.15) is 26.5 Å². The van der Waals surface area contributed by atoms with E-state index in [1.54, 1.807) is 36.4 Å². The van der Waals surface area contributed by atoms with Crippen molar-refractivity contribution in [1.29, 1.82) is 0 Å².